The first-order chi connectivity index (χ1) is 12.0. The van der Waals surface area contributed by atoms with Crippen LogP contribution in [0.15, 0.2) is 23.1 Å². The van der Waals surface area contributed by atoms with Gasteiger partial charge >= 0.3 is 0 Å². The summed E-state index contributed by atoms with van der Waals surface area (Å²) in [7, 11) is -3.81. The molecule has 1 aromatic rings. The van der Waals surface area contributed by atoms with Gasteiger partial charge in [-0.25, -0.2) is 17.5 Å². The zero-order chi connectivity index (χ0) is 17.9. The first-order valence-electron chi connectivity index (χ1n) is 8.77. The van der Waals surface area contributed by atoms with Crippen molar-refractivity contribution >= 4 is 22.4 Å². The summed E-state index contributed by atoms with van der Waals surface area (Å²) in [6, 6.07) is 3.24. The van der Waals surface area contributed by atoms with Crippen molar-refractivity contribution in [3.05, 3.63) is 24.0 Å². The van der Waals surface area contributed by atoms with Gasteiger partial charge in [0.25, 0.3) is 0 Å². The molecular formula is C17H26ClFN2O4S. The molecule has 1 heterocycles. The zero-order valence-corrected chi connectivity index (χ0v) is 16.2. The van der Waals surface area contributed by atoms with Crippen LogP contribution >= 0.6 is 12.4 Å². The van der Waals surface area contributed by atoms with Crippen LogP contribution < -0.4 is 15.2 Å². The minimum absolute atomic E-state index is 0. The monoisotopic (exact) mass is 408 g/mol. The van der Waals surface area contributed by atoms with Crippen LogP contribution in [0.3, 0.4) is 0 Å². The maximum atomic E-state index is 14.3. The Hall–Kier alpha value is -0.930. The van der Waals surface area contributed by atoms with Gasteiger partial charge in [-0.1, -0.05) is 12.8 Å². The molecule has 1 aliphatic carbocycles. The number of rotatable bonds is 5. The molecule has 2 aliphatic rings. The van der Waals surface area contributed by atoms with E-state index < -0.39 is 15.8 Å². The molecule has 1 aliphatic heterocycles. The van der Waals surface area contributed by atoms with E-state index in [9.17, 15) is 12.8 Å². The van der Waals surface area contributed by atoms with E-state index in [1.807, 2.05) is 0 Å². The van der Waals surface area contributed by atoms with Crippen molar-refractivity contribution in [2.24, 2.45) is 5.73 Å². The predicted octanol–water partition coefficient (Wildman–Crippen LogP) is 2.35. The first kappa shape index (κ1) is 21.4. The number of hydrogen-bond donors (Lipinski definition) is 2. The number of sulfonamides is 1. The van der Waals surface area contributed by atoms with Crippen molar-refractivity contribution < 1.29 is 22.3 Å². The summed E-state index contributed by atoms with van der Waals surface area (Å²) in [4.78, 5) is -0.109. The smallest absolute Gasteiger partial charge is 0.240 e. The molecule has 2 atom stereocenters. The number of halogens is 2. The van der Waals surface area contributed by atoms with Gasteiger partial charge in [0.1, 0.15) is 6.10 Å². The molecule has 9 heteroatoms. The third kappa shape index (κ3) is 5.29. The average molecular weight is 409 g/mol. The first-order valence-corrected chi connectivity index (χ1v) is 10.3. The lowest BCUT2D eigenvalue weighted by molar-refractivity contribution is 0.0240. The van der Waals surface area contributed by atoms with Crippen molar-refractivity contribution in [3.8, 4) is 5.75 Å². The Labute approximate surface area is 160 Å². The van der Waals surface area contributed by atoms with Gasteiger partial charge in [0, 0.05) is 24.9 Å². The van der Waals surface area contributed by atoms with E-state index in [0.29, 0.717) is 32.5 Å². The third-order valence-corrected chi connectivity index (χ3v) is 6.29. The molecule has 1 saturated heterocycles. The maximum Gasteiger partial charge on any atom is 0.240 e. The SMILES string of the molecule is Cl.N[C@@H]1CCCC[C@H]1NS(=O)(=O)c1ccc(OC2CCOCC2)c(F)c1. The Morgan fingerprint density at radius 2 is 1.85 bits per heavy atom. The fourth-order valence-corrected chi connectivity index (χ4v) is 4.62. The minimum Gasteiger partial charge on any atom is -0.487 e. The fraction of sp³-hybridized carbons (Fsp3) is 0.647. The molecule has 0 aromatic heterocycles. The van der Waals surface area contributed by atoms with Crippen LogP contribution in [0.25, 0.3) is 0 Å². The number of nitrogens with one attached hydrogen (secondary N) is 1. The van der Waals surface area contributed by atoms with E-state index in [0.717, 1.165) is 25.3 Å². The Balaban J connectivity index is 0.00000243. The standard InChI is InChI=1S/C17H25FN2O4S.ClH/c18-14-11-13(5-6-17(14)24-12-7-9-23-10-8-12)25(21,22)20-16-4-2-1-3-15(16)19;/h5-6,11-12,15-16,20H,1-4,7-10,19H2;1H/t15-,16-;/m1./s1. The van der Waals surface area contributed by atoms with Gasteiger partial charge in [0.2, 0.25) is 10.0 Å². The van der Waals surface area contributed by atoms with Gasteiger partial charge in [-0.2, -0.15) is 0 Å². The second-order valence-electron chi connectivity index (χ2n) is 6.70. The van der Waals surface area contributed by atoms with Crippen LogP contribution in [-0.2, 0) is 14.8 Å². The van der Waals surface area contributed by atoms with Crippen molar-refractivity contribution in [1.29, 1.82) is 0 Å². The van der Waals surface area contributed by atoms with Gasteiger partial charge in [-0.05, 0) is 31.0 Å². The third-order valence-electron chi connectivity index (χ3n) is 4.80. The van der Waals surface area contributed by atoms with Gasteiger partial charge in [0.05, 0.1) is 18.1 Å². The highest BCUT2D eigenvalue weighted by Gasteiger charge is 2.28. The molecule has 3 N–H and O–H groups in total. The molecule has 1 saturated carbocycles. The highest BCUT2D eigenvalue weighted by atomic mass is 35.5. The van der Waals surface area contributed by atoms with Crippen molar-refractivity contribution in [2.45, 2.75) is 61.6 Å². The van der Waals surface area contributed by atoms with Crippen LogP contribution in [0.5, 0.6) is 5.75 Å². The van der Waals surface area contributed by atoms with Crippen molar-refractivity contribution in [2.75, 3.05) is 13.2 Å². The average Bonchev–Trinajstić information content (AvgIpc) is 2.59. The van der Waals surface area contributed by atoms with E-state index >= 15 is 0 Å². The molecule has 0 amide bonds. The van der Waals surface area contributed by atoms with Gasteiger partial charge in [-0.3, -0.25) is 0 Å². The summed E-state index contributed by atoms with van der Waals surface area (Å²) in [5.41, 5.74) is 5.99. The normalized spacial score (nSPS) is 24.7. The lowest BCUT2D eigenvalue weighted by Crippen LogP contribution is -2.49. The van der Waals surface area contributed by atoms with E-state index in [4.69, 9.17) is 15.2 Å². The predicted molar refractivity (Wildman–Crippen MR) is 98.7 cm³/mol. The molecule has 6 nitrogen and oxygen atoms in total. The van der Waals surface area contributed by atoms with Gasteiger partial charge < -0.3 is 15.2 Å². The topological polar surface area (TPSA) is 90.7 Å². The summed E-state index contributed by atoms with van der Waals surface area (Å²) in [5.74, 6) is -0.609. The highest BCUT2D eigenvalue weighted by molar-refractivity contribution is 7.89. The van der Waals surface area contributed by atoms with Crippen LogP contribution in [0.2, 0.25) is 0 Å². The number of nitrogens with two attached hydrogens (primary N) is 1. The lowest BCUT2D eigenvalue weighted by Gasteiger charge is -2.29. The fourth-order valence-electron chi connectivity index (χ4n) is 3.29. The Morgan fingerprint density at radius 3 is 2.50 bits per heavy atom. The zero-order valence-electron chi connectivity index (χ0n) is 14.5. The van der Waals surface area contributed by atoms with Crippen LogP contribution in [0, 0.1) is 5.82 Å². The molecule has 148 valence electrons. The van der Waals surface area contributed by atoms with Crippen molar-refractivity contribution in [3.63, 3.8) is 0 Å². The second kappa shape index (κ2) is 9.32. The number of benzene rings is 1. The summed E-state index contributed by atoms with van der Waals surface area (Å²) in [6.07, 6.45) is 4.72. The molecular weight excluding hydrogens is 383 g/mol. The summed E-state index contributed by atoms with van der Waals surface area (Å²) >= 11 is 0. The van der Waals surface area contributed by atoms with E-state index in [-0.39, 0.29) is 41.2 Å². The summed E-state index contributed by atoms with van der Waals surface area (Å²) in [5, 5.41) is 0. The Bertz CT molecular complexity index is 698. The van der Waals surface area contributed by atoms with E-state index in [2.05, 4.69) is 4.72 Å². The Morgan fingerprint density at radius 1 is 1.15 bits per heavy atom. The van der Waals surface area contributed by atoms with Crippen LogP contribution in [0.1, 0.15) is 38.5 Å². The number of ether oxygens (including phenoxy) is 2. The van der Waals surface area contributed by atoms with Crippen LogP contribution in [0.4, 0.5) is 4.39 Å². The molecule has 3 rings (SSSR count). The molecule has 26 heavy (non-hydrogen) atoms. The van der Waals surface area contributed by atoms with E-state index in [1.165, 1.54) is 12.1 Å². The molecule has 1 aromatic carbocycles. The quantitative estimate of drug-likeness (QED) is 0.780. The lowest BCUT2D eigenvalue weighted by atomic mass is 9.92. The summed E-state index contributed by atoms with van der Waals surface area (Å²) in [6.45, 7) is 1.18. The van der Waals surface area contributed by atoms with Gasteiger partial charge in [0.15, 0.2) is 11.6 Å². The maximum absolute atomic E-state index is 14.3. The van der Waals surface area contributed by atoms with Crippen LogP contribution in [-0.4, -0.2) is 39.8 Å². The van der Waals surface area contributed by atoms with Crippen molar-refractivity contribution in [1.82, 2.24) is 4.72 Å². The highest BCUT2D eigenvalue weighted by Crippen LogP contribution is 2.25. The molecule has 0 bridgehead atoms. The largest absolute Gasteiger partial charge is 0.487 e. The minimum atomic E-state index is -3.81. The van der Waals surface area contributed by atoms with E-state index in [1.54, 1.807) is 0 Å². The molecule has 0 spiro atoms. The molecule has 2 fully saturated rings. The molecule has 0 unspecified atom stereocenters. The number of hydrogen-bond acceptors (Lipinski definition) is 5. The second-order valence-corrected chi connectivity index (χ2v) is 8.41. The Kier molecular flexibility index (Phi) is 7.66. The molecule has 0 radical (unpaired) electrons. The summed E-state index contributed by atoms with van der Waals surface area (Å²) < 4.78 is 52.8. The van der Waals surface area contributed by atoms with Gasteiger partial charge in [-0.15, -0.1) is 12.4 Å².